The highest BCUT2D eigenvalue weighted by atomic mass is 32.2. The quantitative estimate of drug-likeness (QED) is 0.851. The van der Waals surface area contributed by atoms with Crippen LogP contribution in [0, 0.1) is 11.7 Å². The Morgan fingerprint density at radius 2 is 1.73 bits per heavy atom. The molecule has 1 aliphatic heterocycles. The molecule has 26 heavy (non-hydrogen) atoms. The molecule has 1 N–H and O–H groups in total. The van der Waals surface area contributed by atoms with E-state index < -0.39 is 15.8 Å². The Labute approximate surface area is 155 Å². The summed E-state index contributed by atoms with van der Waals surface area (Å²) in [7, 11) is -3.24. The predicted molar refractivity (Wildman–Crippen MR) is 98.8 cm³/mol. The van der Waals surface area contributed by atoms with Crippen molar-refractivity contribution in [3.8, 4) is 0 Å². The van der Waals surface area contributed by atoms with Crippen molar-refractivity contribution in [3.05, 3.63) is 35.6 Å². The Balaban J connectivity index is 1.48. The molecule has 1 saturated heterocycles. The molecule has 0 bridgehead atoms. The fourth-order valence-corrected chi connectivity index (χ4v) is 5.53. The predicted octanol–water partition coefficient (Wildman–Crippen LogP) is 2.93. The molecule has 5 nitrogen and oxygen atoms in total. The van der Waals surface area contributed by atoms with Crippen LogP contribution in [0.25, 0.3) is 0 Å². The summed E-state index contributed by atoms with van der Waals surface area (Å²) in [6.07, 6.45) is 6.07. The number of piperidine rings is 1. The topological polar surface area (TPSA) is 66.5 Å². The van der Waals surface area contributed by atoms with Gasteiger partial charge in [-0.25, -0.2) is 17.5 Å². The number of likely N-dealkylation sites (tertiary alicyclic amines) is 1. The number of benzene rings is 1. The highest BCUT2D eigenvalue weighted by Crippen LogP contribution is 2.24. The molecule has 7 heteroatoms. The fraction of sp³-hybridized carbons (Fsp3) is 0.632. The Kier molecular flexibility index (Phi) is 6.29. The fourth-order valence-electron chi connectivity index (χ4n) is 3.87. The van der Waals surface area contributed by atoms with Gasteiger partial charge in [-0.1, -0.05) is 31.4 Å². The van der Waals surface area contributed by atoms with Crippen LogP contribution in [0.5, 0.6) is 0 Å². The zero-order valence-electron chi connectivity index (χ0n) is 15.0. The van der Waals surface area contributed by atoms with Crippen molar-refractivity contribution in [3.63, 3.8) is 0 Å². The maximum atomic E-state index is 13.8. The van der Waals surface area contributed by atoms with Gasteiger partial charge in [-0.15, -0.1) is 0 Å². The first-order valence-corrected chi connectivity index (χ1v) is 11.0. The van der Waals surface area contributed by atoms with E-state index in [1.807, 2.05) is 0 Å². The van der Waals surface area contributed by atoms with Gasteiger partial charge in [0.1, 0.15) is 5.82 Å². The van der Waals surface area contributed by atoms with Gasteiger partial charge in [0.25, 0.3) is 5.91 Å². The number of halogens is 1. The molecule has 1 aliphatic carbocycles. The van der Waals surface area contributed by atoms with Crippen LogP contribution >= 0.6 is 0 Å². The van der Waals surface area contributed by atoms with Crippen molar-refractivity contribution in [2.45, 2.75) is 50.2 Å². The summed E-state index contributed by atoms with van der Waals surface area (Å²) < 4.78 is 41.4. The maximum Gasteiger partial charge on any atom is 0.256 e. The van der Waals surface area contributed by atoms with Gasteiger partial charge in [0.15, 0.2) is 0 Å². The van der Waals surface area contributed by atoms with Gasteiger partial charge in [-0.05, 0) is 43.7 Å². The first kappa shape index (κ1) is 19.3. The lowest BCUT2D eigenvalue weighted by Gasteiger charge is -2.32. The number of carbonyl (C=O) groups is 1. The van der Waals surface area contributed by atoms with Gasteiger partial charge >= 0.3 is 0 Å². The summed E-state index contributed by atoms with van der Waals surface area (Å²) in [4.78, 5) is 14.1. The smallest absolute Gasteiger partial charge is 0.256 e. The minimum absolute atomic E-state index is 0.101. The average Bonchev–Trinajstić information content (AvgIpc) is 2.67. The van der Waals surface area contributed by atoms with Crippen molar-refractivity contribution in [2.75, 3.05) is 19.6 Å². The summed E-state index contributed by atoms with van der Waals surface area (Å²) in [5, 5.41) is -0.251. The molecule has 3 rings (SSSR count). The van der Waals surface area contributed by atoms with Crippen molar-refractivity contribution < 1.29 is 17.6 Å². The zero-order chi connectivity index (χ0) is 18.6. The number of sulfonamides is 1. The summed E-state index contributed by atoms with van der Waals surface area (Å²) >= 11 is 0. The average molecular weight is 383 g/mol. The third kappa shape index (κ3) is 4.62. The second-order valence-corrected chi connectivity index (χ2v) is 9.41. The van der Waals surface area contributed by atoms with Crippen LogP contribution < -0.4 is 4.72 Å². The molecule has 2 fully saturated rings. The summed E-state index contributed by atoms with van der Waals surface area (Å²) in [6, 6.07) is 6.02. The Hall–Kier alpha value is -1.47. The molecule has 144 valence electrons. The van der Waals surface area contributed by atoms with Crippen molar-refractivity contribution in [1.29, 1.82) is 0 Å². The van der Waals surface area contributed by atoms with Crippen molar-refractivity contribution in [2.24, 2.45) is 5.92 Å². The molecule has 2 aliphatic rings. The normalized spacial score (nSPS) is 20.3. The number of hydrogen-bond acceptors (Lipinski definition) is 3. The molecule has 0 radical (unpaired) electrons. The molecule has 0 spiro atoms. The highest BCUT2D eigenvalue weighted by Gasteiger charge is 2.29. The van der Waals surface area contributed by atoms with E-state index in [9.17, 15) is 17.6 Å². The van der Waals surface area contributed by atoms with Crippen LogP contribution in [0.15, 0.2) is 24.3 Å². The van der Waals surface area contributed by atoms with E-state index in [0.717, 1.165) is 44.9 Å². The molecular formula is C19H27FN2O3S. The zero-order valence-corrected chi connectivity index (χ0v) is 15.8. The second kappa shape index (κ2) is 8.48. The van der Waals surface area contributed by atoms with E-state index in [0.29, 0.717) is 19.6 Å². The number of carbonyl (C=O) groups excluding carboxylic acids is 1. The third-order valence-corrected chi connectivity index (χ3v) is 7.49. The first-order chi connectivity index (χ1) is 12.5. The van der Waals surface area contributed by atoms with Crippen LogP contribution in [0.4, 0.5) is 4.39 Å². The standard InChI is InChI=1S/C19H27FN2O3S/c20-18-9-5-4-8-17(18)19(23)22-12-10-15(11-13-22)14-21-26(24,25)16-6-2-1-3-7-16/h4-5,8-9,15-16,21H,1-3,6-7,10-14H2. The monoisotopic (exact) mass is 382 g/mol. The van der Waals surface area contributed by atoms with Crippen LogP contribution in [-0.2, 0) is 10.0 Å². The Morgan fingerprint density at radius 3 is 2.38 bits per heavy atom. The number of nitrogens with one attached hydrogen (secondary N) is 1. The molecule has 1 heterocycles. The van der Waals surface area contributed by atoms with E-state index in [1.54, 1.807) is 17.0 Å². The van der Waals surface area contributed by atoms with Gasteiger partial charge in [0.2, 0.25) is 10.0 Å². The van der Waals surface area contributed by atoms with E-state index in [1.165, 1.54) is 12.1 Å². The van der Waals surface area contributed by atoms with Gasteiger partial charge in [-0.2, -0.15) is 0 Å². The molecule has 1 saturated carbocycles. The number of nitrogens with zero attached hydrogens (tertiary/aromatic N) is 1. The third-order valence-electron chi connectivity index (χ3n) is 5.57. The SMILES string of the molecule is O=C(c1ccccc1F)N1CCC(CNS(=O)(=O)C2CCCCC2)CC1. The number of rotatable bonds is 5. The van der Waals surface area contributed by atoms with E-state index in [2.05, 4.69) is 4.72 Å². The van der Waals surface area contributed by atoms with Crippen LogP contribution in [0.3, 0.4) is 0 Å². The first-order valence-electron chi connectivity index (χ1n) is 9.49. The summed E-state index contributed by atoms with van der Waals surface area (Å²) in [6.45, 7) is 1.49. The Morgan fingerprint density at radius 1 is 1.08 bits per heavy atom. The lowest BCUT2D eigenvalue weighted by Crippen LogP contribution is -2.43. The van der Waals surface area contributed by atoms with Gasteiger partial charge < -0.3 is 4.90 Å². The van der Waals surface area contributed by atoms with Crippen LogP contribution in [-0.4, -0.2) is 44.1 Å². The highest BCUT2D eigenvalue weighted by molar-refractivity contribution is 7.90. The van der Waals surface area contributed by atoms with Crippen LogP contribution in [0.1, 0.15) is 55.3 Å². The van der Waals surface area contributed by atoms with Crippen molar-refractivity contribution in [1.82, 2.24) is 9.62 Å². The minimum atomic E-state index is -3.24. The summed E-state index contributed by atoms with van der Waals surface area (Å²) in [5.41, 5.74) is 0.101. The Bertz CT molecular complexity index is 724. The largest absolute Gasteiger partial charge is 0.339 e. The molecular weight excluding hydrogens is 355 g/mol. The van der Waals surface area contributed by atoms with Crippen LogP contribution in [0.2, 0.25) is 0 Å². The molecule has 1 aromatic carbocycles. The summed E-state index contributed by atoms with van der Waals surface area (Å²) in [5.74, 6) is -0.567. The number of amides is 1. The molecule has 1 amide bonds. The molecule has 0 atom stereocenters. The van der Waals surface area contributed by atoms with Crippen molar-refractivity contribution >= 4 is 15.9 Å². The lowest BCUT2D eigenvalue weighted by atomic mass is 9.96. The number of hydrogen-bond donors (Lipinski definition) is 1. The van der Waals surface area contributed by atoms with Gasteiger partial charge in [-0.3, -0.25) is 4.79 Å². The van der Waals surface area contributed by atoms with E-state index in [-0.39, 0.29) is 22.6 Å². The molecule has 0 aromatic heterocycles. The lowest BCUT2D eigenvalue weighted by molar-refractivity contribution is 0.0687. The molecule has 0 unspecified atom stereocenters. The minimum Gasteiger partial charge on any atom is -0.339 e. The van der Waals surface area contributed by atoms with Gasteiger partial charge in [0, 0.05) is 19.6 Å². The van der Waals surface area contributed by atoms with E-state index >= 15 is 0 Å². The van der Waals surface area contributed by atoms with Gasteiger partial charge in [0.05, 0.1) is 10.8 Å². The second-order valence-electron chi connectivity index (χ2n) is 7.37. The maximum absolute atomic E-state index is 13.8. The molecule has 1 aromatic rings. The van der Waals surface area contributed by atoms with E-state index in [4.69, 9.17) is 0 Å².